The van der Waals surface area contributed by atoms with Gasteiger partial charge in [-0.25, -0.2) is 18.7 Å². The average Bonchev–Trinajstić information content (AvgIpc) is 2.87. The first-order valence-electron chi connectivity index (χ1n) is 10.8. The van der Waals surface area contributed by atoms with Crippen LogP contribution >= 0.6 is 0 Å². The zero-order valence-electron chi connectivity index (χ0n) is 19.2. The van der Waals surface area contributed by atoms with Gasteiger partial charge in [-0.1, -0.05) is 0 Å². The molecule has 0 spiro atoms. The van der Waals surface area contributed by atoms with Crippen LogP contribution < -0.4 is 30.2 Å². The molecule has 0 aliphatic carbocycles. The van der Waals surface area contributed by atoms with Crippen LogP contribution in [0.1, 0.15) is 5.56 Å². The Balaban J connectivity index is 1.54. The summed E-state index contributed by atoms with van der Waals surface area (Å²) >= 11 is 0. The lowest BCUT2D eigenvalue weighted by Crippen LogP contribution is -2.80. The van der Waals surface area contributed by atoms with E-state index in [1.807, 2.05) is 11.5 Å². The number of aromatic nitrogens is 2. The molecule has 0 bridgehead atoms. The minimum atomic E-state index is -0.867. The second kappa shape index (κ2) is 12.8. The van der Waals surface area contributed by atoms with Crippen LogP contribution in [0, 0.1) is 17.0 Å². The normalized spacial score (nSPS) is 14.5. The summed E-state index contributed by atoms with van der Waals surface area (Å²) in [5.41, 5.74) is 0.199. The van der Waals surface area contributed by atoms with Crippen LogP contribution in [-0.4, -0.2) is 74.6 Å². The Hall–Kier alpha value is -3.35. The van der Waals surface area contributed by atoms with Crippen LogP contribution in [-0.2, 0) is 6.61 Å². The van der Waals surface area contributed by atoms with Crippen LogP contribution in [0.3, 0.4) is 0 Å². The number of hydrogen-bond donors (Lipinski definition) is 4. The average molecular weight is 479 g/mol. The van der Waals surface area contributed by atoms with Gasteiger partial charge in [-0.05, 0) is 0 Å². The molecule has 2 aromatic rings. The van der Waals surface area contributed by atoms with Crippen molar-refractivity contribution in [3.8, 4) is 17.2 Å². The van der Waals surface area contributed by atoms with E-state index in [0.29, 0.717) is 5.70 Å². The molecule has 1 aromatic carbocycles. The molecule has 2 heterocycles. The number of ether oxygens (including phenoxy) is 3. The fraction of sp³-hybridized carbons (Fsp3) is 0.409. The molecule has 1 aliphatic rings. The zero-order valence-corrected chi connectivity index (χ0v) is 19.2. The fourth-order valence-electron chi connectivity index (χ4n) is 3.33. The Kier molecular flexibility index (Phi) is 9.50. The molecule has 34 heavy (non-hydrogen) atoms. The first kappa shape index (κ1) is 25.3. The number of rotatable bonds is 12. The zero-order chi connectivity index (χ0) is 24.3. The standard InChI is InChI=1S/C22H29F2N7O3/c1-32-18-9-19(33-2)21(24)17(20(18)23)14-34-16-12-28-22(29-13-16)30-15(10-25)11-27-5-8-31-6-3-26-4-7-31/h9-13,25-27H,3-8,14H2,1-2H3,(H,28,29,30)/p+1/b15-11+,25-10?. The molecule has 0 unspecified atom stereocenters. The molecule has 0 atom stereocenters. The topological polar surface area (TPSA) is 121 Å². The third kappa shape index (κ3) is 6.83. The number of piperazine rings is 1. The number of hydrogen-bond acceptors (Lipinski definition) is 9. The van der Waals surface area contributed by atoms with Gasteiger partial charge in [-0.2, -0.15) is 0 Å². The summed E-state index contributed by atoms with van der Waals surface area (Å²) < 4.78 is 44.2. The maximum atomic E-state index is 14.5. The van der Waals surface area contributed by atoms with E-state index in [0.717, 1.165) is 45.3 Å². The van der Waals surface area contributed by atoms with Crippen LogP contribution in [0.2, 0.25) is 0 Å². The number of benzene rings is 1. The minimum absolute atomic E-state index is 0.150. The summed E-state index contributed by atoms with van der Waals surface area (Å²) in [7, 11) is 2.56. The SMILES string of the molecule is COc1cc(OC)c(F)c(COc2cnc(N/C(C=N)=C/[NH2+]CCN3CCNCC3)nc2)c1F. The molecule has 0 radical (unpaired) electrons. The number of methoxy groups -OCH3 is 2. The third-order valence-corrected chi connectivity index (χ3v) is 5.21. The molecule has 0 saturated carbocycles. The lowest BCUT2D eigenvalue weighted by molar-refractivity contribution is -0.588. The van der Waals surface area contributed by atoms with Gasteiger partial charge >= 0.3 is 0 Å². The van der Waals surface area contributed by atoms with E-state index < -0.39 is 18.2 Å². The maximum Gasteiger partial charge on any atom is 0.227 e. The lowest BCUT2D eigenvalue weighted by Gasteiger charge is -2.26. The summed E-state index contributed by atoms with van der Waals surface area (Å²) in [5.74, 6) is -1.55. The predicted octanol–water partition coefficient (Wildman–Crippen LogP) is 0.722. The van der Waals surface area contributed by atoms with E-state index in [9.17, 15) is 8.78 Å². The van der Waals surface area contributed by atoms with Gasteiger partial charge in [0, 0.05) is 45.0 Å². The fourth-order valence-corrected chi connectivity index (χ4v) is 3.33. The van der Waals surface area contributed by atoms with Crippen molar-refractivity contribution in [1.29, 1.82) is 5.41 Å². The Bertz CT molecular complexity index is 955. The Morgan fingerprint density at radius 3 is 2.41 bits per heavy atom. The number of halogens is 2. The molecular formula is C22H30F2N7O3+. The van der Waals surface area contributed by atoms with Crippen molar-refractivity contribution in [2.24, 2.45) is 0 Å². The van der Waals surface area contributed by atoms with Crippen LogP contribution in [0.25, 0.3) is 0 Å². The second-order valence-corrected chi connectivity index (χ2v) is 7.43. The monoisotopic (exact) mass is 478 g/mol. The van der Waals surface area contributed by atoms with Gasteiger partial charge in [-0.15, -0.1) is 0 Å². The molecule has 10 nitrogen and oxygen atoms in total. The van der Waals surface area contributed by atoms with Crippen molar-refractivity contribution in [3.05, 3.63) is 47.6 Å². The van der Waals surface area contributed by atoms with Crippen LogP contribution in [0.15, 0.2) is 30.4 Å². The molecule has 3 rings (SSSR count). The number of allylic oxidation sites excluding steroid dienone is 1. The summed E-state index contributed by atoms with van der Waals surface area (Å²) in [6.07, 6.45) is 5.73. The third-order valence-electron chi connectivity index (χ3n) is 5.21. The first-order chi connectivity index (χ1) is 16.5. The van der Waals surface area contributed by atoms with Gasteiger partial charge < -0.3 is 35.6 Å². The van der Waals surface area contributed by atoms with Crippen molar-refractivity contribution >= 4 is 12.2 Å². The molecule has 12 heteroatoms. The molecule has 184 valence electrons. The van der Waals surface area contributed by atoms with Crippen molar-refractivity contribution in [3.63, 3.8) is 0 Å². The summed E-state index contributed by atoms with van der Waals surface area (Å²) in [5, 5.41) is 15.9. The predicted molar refractivity (Wildman–Crippen MR) is 122 cm³/mol. The Morgan fingerprint density at radius 1 is 1.18 bits per heavy atom. The van der Waals surface area contributed by atoms with Gasteiger partial charge in [0.25, 0.3) is 0 Å². The van der Waals surface area contributed by atoms with E-state index in [4.69, 9.17) is 19.6 Å². The maximum absolute atomic E-state index is 14.5. The van der Waals surface area contributed by atoms with Gasteiger partial charge in [0.2, 0.25) is 5.95 Å². The quantitative estimate of drug-likeness (QED) is 0.260. The number of nitrogens with one attached hydrogen (secondary N) is 3. The summed E-state index contributed by atoms with van der Waals surface area (Å²) in [4.78, 5) is 10.7. The highest BCUT2D eigenvalue weighted by Crippen LogP contribution is 2.31. The van der Waals surface area contributed by atoms with E-state index in [-0.39, 0.29) is 28.8 Å². The van der Waals surface area contributed by atoms with Gasteiger partial charge in [-0.3, -0.25) is 4.90 Å². The summed E-state index contributed by atoms with van der Waals surface area (Å²) in [6, 6.07) is 1.13. The highest BCUT2D eigenvalue weighted by Gasteiger charge is 2.20. The molecule has 0 amide bonds. The van der Waals surface area contributed by atoms with E-state index in [2.05, 4.69) is 25.5 Å². The van der Waals surface area contributed by atoms with Gasteiger partial charge in [0.05, 0.1) is 38.7 Å². The molecule has 1 aromatic heterocycles. The van der Waals surface area contributed by atoms with E-state index >= 15 is 0 Å². The van der Waals surface area contributed by atoms with Gasteiger partial charge in [0.1, 0.15) is 18.5 Å². The van der Waals surface area contributed by atoms with Crippen molar-refractivity contribution < 1.29 is 28.3 Å². The Labute approximate surface area is 196 Å². The Morgan fingerprint density at radius 2 is 1.82 bits per heavy atom. The van der Waals surface area contributed by atoms with Crippen molar-refractivity contribution in [2.45, 2.75) is 6.61 Å². The number of nitrogens with zero attached hydrogens (tertiary/aromatic N) is 3. The second-order valence-electron chi connectivity index (χ2n) is 7.43. The van der Waals surface area contributed by atoms with Gasteiger partial charge in [0.15, 0.2) is 28.9 Å². The minimum Gasteiger partial charge on any atom is -0.494 e. The molecule has 1 fully saturated rings. The van der Waals surface area contributed by atoms with Crippen molar-refractivity contribution in [1.82, 2.24) is 20.2 Å². The number of anilines is 1. The number of quaternary nitrogens is 1. The van der Waals surface area contributed by atoms with Crippen LogP contribution in [0.5, 0.6) is 17.2 Å². The first-order valence-corrected chi connectivity index (χ1v) is 10.8. The molecule has 1 saturated heterocycles. The summed E-state index contributed by atoms with van der Waals surface area (Å²) in [6.45, 7) is 5.53. The van der Waals surface area contributed by atoms with Crippen LogP contribution in [0.4, 0.5) is 14.7 Å². The number of nitrogens with two attached hydrogens (primary N) is 1. The molecule has 1 aliphatic heterocycles. The molecule has 5 N–H and O–H groups in total. The highest BCUT2D eigenvalue weighted by molar-refractivity contribution is 5.79. The highest BCUT2D eigenvalue weighted by atomic mass is 19.1. The van der Waals surface area contributed by atoms with E-state index in [1.54, 1.807) is 0 Å². The lowest BCUT2D eigenvalue weighted by atomic mass is 10.1. The molecular weight excluding hydrogens is 448 g/mol. The van der Waals surface area contributed by atoms with E-state index in [1.165, 1.54) is 32.8 Å². The smallest absolute Gasteiger partial charge is 0.227 e. The largest absolute Gasteiger partial charge is 0.494 e. The van der Waals surface area contributed by atoms with Crippen molar-refractivity contribution in [2.75, 3.05) is 58.8 Å².